The number of ether oxygens (including phenoxy) is 1. The van der Waals surface area contributed by atoms with Crippen molar-refractivity contribution in [2.24, 2.45) is 5.92 Å². The van der Waals surface area contributed by atoms with Gasteiger partial charge in [-0.2, -0.15) is 0 Å². The first-order valence-electron chi connectivity index (χ1n) is 5.93. The minimum Gasteiger partial charge on any atom is -0.381 e. The molecule has 0 bridgehead atoms. The van der Waals surface area contributed by atoms with Gasteiger partial charge in [-0.15, -0.1) is 0 Å². The van der Waals surface area contributed by atoms with Crippen LogP contribution < -0.4 is 5.32 Å². The molecule has 2 aliphatic rings. The van der Waals surface area contributed by atoms with Crippen molar-refractivity contribution in [2.75, 3.05) is 19.8 Å². The molecule has 1 aliphatic carbocycles. The molecule has 2 fully saturated rings. The molecule has 0 aromatic carbocycles. The zero-order chi connectivity index (χ0) is 9.64. The van der Waals surface area contributed by atoms with Crippen molar-refractivity contribution in [2.45, 2.75) is 38.1 Å². The highest BCUT2D eigenvalue weighted by Gasteiger charge is 2.19. The molecule has 1 heterocycles. The van der Waals surface area contributed by atoms with Gasteiger partial charge in [-0.05, 0) is 44.6 Å². The first-order valence-corrected chi connectivity index (χ1v) is 5.93. The standard InChI is InChI=1S/C12H21NO/c1(2-8-13-12-4-5-12)3-11-6-9-14-10-7-11/h1,3,11-13H,2,4-10H2. The normalized spacial score (nSPS) is 24.6. The molecule has 1 saturated heterocycles. The zero-order valence-electron chi connectivity index (χ0n) is 8.87. The molecule has 1 aliphatic heterocycles. The van der Waals surface area contributed by atoms with Crippen LogP contribution in [-0.4, -0.2) is 25.8 Å². The monoisotopic (exact) mass is 195 g/mol. The van der Waals surface area contributed by atoms with E-state index >= 15 is 0 Å². The largest absolute Gasteiger partial charge is 0.381 e. The molecule has 0 spiro atoms. The molecule has 0 radical (unpaired) electrons. The van der Waals surface area contributed by atoms with Gasteiger partial charge in [0.1, 0.15) is 0 Å². The lowest BCUT2D eigenvalue weighted by Gasteiger charge is -2.18. The van der Waals surface area contributed by atoms with Gasteiger partial charge in [0.05, 0.1) is 0 Å². The van der Waals surface area contributed by atoms with E-state index in [9.17, 15) is 0 Å². The van der Waals surface area contributed by atoms with Crippen LogP contribution in [0.5, 0.6) is 0 Å². The third kappa shape index (κ3) is 3.81. The molecule has 0 atom stereocenters. The summed E-state index contributed by atoms with van der Waals surface area (Å²) in [6.45, 7) is 3.06. The predicted molar refractivity (Wildman–Crippen MR) is 58.3 cm³/mol. The van der Waals surface area contributed by atoms with Crippen LogP contribution in [0.1, 0.15) is 32.1 Å². The fourth-order valence-electron chi connectivity index (χ4n) is 1.86. The minimum absolute atomic E-state index is 0.782. The first kappa shape index (κ1) is 10.2. The second-order valence-corrected chi connectivity index (χ2v) is 4.40. The van der Waals surface area contributed by atoms with E-state index in [-0.39, 0.29) is 0 Å². The van der Waals surface area contributed by atoms with Crippen molar-refractivity contribution >= 4 is 0 Å². The van der Waals surface area contributed by atoms with Crippen molar-refractivity contribution in [3.05, 3.63) is 12.2 Å². The van der Waals surface area contributed by atoms with E-state index in [1.54, 1.807) is 0 Å². The van der Waals surface area contributed by atoms with Crippen LogP contribution in [0.2, 0.25) is 0 Å². The lowest BCUT2D eigenvalue weighted by Crippen LogP contribution is -2.17. The molecule has 2 heteroatoms. The Morgan fingerprint density at radius 2 is 1.93 bits per heavy atom. The summed E-state index contributed by atoms with van der Waals surface area (Å²) in [5.41, 5.74) is 0. The van der Waals surface area contributed by atoms with Crippen LogP contribution in [0.3, 0.4) is 0 Å². The van der Waals surface area contributed by atoms with E-state index in [2.05, 4.69) is 17.5 Å². The zero-order valence-corrected chi connectivity index (χ0v) is 8.87. The van der Waals surface area contributed by atoms with Crippen LogP contribution >= 0.6 is 0 Å². The smallest absolute Gasteiger partial charge is 0.0471 e. The van der Waals surface area contributed by atoms with Crippen LogP contribution in [0.25, 0.3) is 0 Å². The maximum absolute atomic E-state index is 5.32. The molecule has 0 amide bonds. The van der Waals surface area contributed by atoms with E-state index in [1.165, 1.54) is 32.1 Å². The Labute approximate surface area is 86.7 Å². The molecule has 2 rings (SSSR count). The lowest BCUT2D eigenvalue weighted by atomic mass is 10.00. The maximum Gasteiger partial charge on any atom is 0.0471 e. The molecule has 14 heavy (non-hydrogen) atoms. The molecular formula is C12H21NO. The summed E-state index contributed by atoms with van der Waals surface area (Å²) in [7, 11) is 0. The summed E-state index contributed by atoms with van der Waals surface area (Å²) >= 11 is 0. The molecule has 0 aromatic heterocycles. The number of hydrogen-bond acceptors (Lipinski definition) is 2. The Morgan fingerprint density at radius 3 is 2.64 bits per heavy atom. The van der Waals surface area contributed by atoms with Gasteiger partial charge in [-0.25, -0.2) is 0 Å². The summed E-state index contributed by atoms with van der Waals surface area (Å²) in [4.78, 5) is 0. The van der Waals surface area contributed by atoms with E-state index in [1.807, 2.05) is 0 Å². The average molecular weight is 195 g/mol. The fraction of sp³-hybridized carbons (Fsp3) is 0.833. The Kier molecular flexibility index (Phi) is 4.02. The molecule has 2 nitrogen and oxygen atoms in total. The Bertz CT molecular complexity index is 181. The van der Waals surface area contributed by atoms with Crippen LogP contribution in [0.4, 0.5) is 0 Å². The molecule has 0 unspecified atom stereocenters. The van der Waals surface area contributed by atoms with Gasteiger partial charge in [0.2, 0.25) is 0 Å². The van der Waals surface area contributed by atoms with Crippen molar-refractivity contribution in [1.29, 1.82) is 0 Å². The van der Waals surface area contributed by atoms with Crippen LogP contribution in [0.15, 0.2) is 12.2 Å². The van der Waals surface area contributed by atoms with Gasteiger partial charge in [-0.1, -0.05) is 12.2 Å². The maximum atomic E-state index is 5.32. The predicted octanol–water partition coefficient (Wildman–Crippen LogP) is 2.11. The summed E-state index contributed by atoms with van der Waals surface area (Å²) < 4.78 is 5.32. The number of rotatable bonds is 5. The summed E-state index contributed by atoms with van der Waals surface area (Å²) in [6.07, 6.45) is 11.1. The van der Waals surface area contributed by atoms with Gasteiger partial charge in [-0.3, -0.25) is 0 Å². The van der Waals surface area contributed by atoms with Crippen molar-refractivity contribution in [1.82, 2.24) is 5.32 Å². The molecule has 1 saturated carbocycles. The van der Waals surface area contributed by atoms with E-state index in [0.717, 1.165) is 31.7 Å². The van der Waals surface area contributed by atoms with Crippen molar-refractivity contribution < 1.29 is 4.74 Å². The second kappa shape index (κ2) is 5.52. The highest BCUT2D eigenvalue weighted by molar-refractivity contribution is 4.90. The molecular weight excluding hydrogens is 174 g/mol. The third-order valence-corrected chi connectivity index (χ3v) is 3.00. The Hall–Kier alpha value is -0.340. The Balaban J connectivity index is 1.51. The van der Waals surface area contributed by atoms with E-state index in [0.29, 0.717) is 0 Å². The van der Waals surface area contributed by atoms with Crippen LogP contribution in [-0.2, 0) is 4.74 Å². The highest BCUT2D eigenvalue weighted by atomic mass is 16.5. The highest BCUT2D eigenvalue weighted by Crippen LogP contribution is 2.18. The fourth-order valence-corrected chi connectivity index (χ4v) is 1.86. The van der Waals surface area contributed by atoms with E-state index in [4.69, 9.17) is 4.74 Å². The van der Waals surface area contributed by atoms with E-state index < -0.39 is 0 Å². The van der Waals surface area contributed by atoms with Crippen molar-refractivity contribution in [3.63, 3.8) is 0 Å². The third-order valence-electron chi connectivity index (χ3n) is 3.00. The summed E-state index contributed by atoms with van der Waals surface area (Å²) in [6, 6.07) is 0.853. The number of allylic oxidation sites excluding steroid dienone is 1. The second-order valence-electron chi connectivity index (χ2n) is 4.40. The van der Waals surface area contributed by atoms with Gasteiger partial charge in [0.25, 0.3) is 0 Å². The topological polar surface area (TPSA) is 21.3 Å². The summed E-state index contributed by atoms with van der Waals surface area (Å²) in [5.74, 6) is 0.782. The lowest BCUT2D eigenvalue weighted by molar-refractivity contribution is 0.0785. The SMILES string of the molecule is C(=CC1CCOCC1)CCNC1CC1. The molecule has 0 aromatic rings. The van der Waals surface area contributed by atoms with Crippen LogP contribution in [0, 0.1) is 5.92 Å². The van der Waals surface area contributed by atoms with Gasteiger partial charge >= 0.3 is 0 Å². The van der Waals surface area contributed by atoms with Crippen molar-refractivity contribution in [3.8, 4) is 0 Å². The minimum atomic E-state index is 0.782. The Morgan fingerprint density at radius 1 is 1.14 bits per heavy atom. The van der Waals surface area contributed by atoms with Gasteiger partial charge in [0, 0.05) is 19.3 Å². The number of hydrogen-bond donors (Lipinski definition) is 1. The van der Waals surface area contributed by atoms with Gasteiger partial charge < -0.3 is 10.1 Å². The average Bonchev–Trinajstić information content (AvgIpc) is 3.03. The summed E-state index contributed by atoms with van der Waals surface area (Å²) in [5, 5.41) is 3.52. The first-order chi connectivity index (χ1) is 6.95. The molecule has 1 N–H and O–H groups in total. The van der Waals surface area contributed by atoms with Gasteiger partial charge in [0.15, 0.2) is 0 Å². The number of nitrogens with one attached hydrogen (secondary N) is 1. The molecule has 80 valence electrons. The quantitative estimate of drug-likeness (QED) is 0.536.